The lowest BCUT2D eigenvalue weighted by Gasteiger charge is -2.14. The molecule has 4 heteroatoms. The van der Waals surface area contributed by atoms with E-state index in [0.717, 1.165) is 18.5 Å². The van der Waals surface area contributed by atoms with Gasteiger partial charge < -0.3 is 11.5 Å². The minimum absolute atomic E-state index is 0.454. The molecule has 0 unspecified atom stereocenters. The monoisotopic (exact) mass is 207 g/mol. The Bertz CT molecular complexity index is 321. The minimum Gasteiger partial charge on any atom is -0.351 e. The van der Waals surface area contributed by atoms with Crippen LogP contribution in [0.2, 0.25) is 0 Å². The Labute approximate surface area is 89.9 Å². The summed E-state index contributed by atoms with van der Waals surface area (Å²) < 4.78 is 0. The highest BCUT2D eigenvalue weighted by Crippen LogP contribution is 2.14. The first-order valence-electron chi connectivity index (χ1n) is 4.97. The second-order valence-electron chi connectivity index (χ2n) is 3.46. The summed E-state index contributed by atoms with van der Waals surface area (Å²) in [5.41, 5.74) is 12.6. The molecule has 0 aromatic heterocycles. The first-order chi connectivity index (χ1) is 7.15. The van der Waals surface area contributed by atoms with Crippen molar-refractivity contribution >= 4 is 11.7 Å². The van der Waals surface area contributed by atoms with Crippen molar-refractivity contribution in [3.63, 3.8) is 0 Å². The number of primary amides is 1. The van der Waals surface area contributed by atoms with E-state index in [-0.39, 0.29) is 0 Å². The van der Waals surface area contributed by atoms with Gasteiger partial charge in [0.2, 0.25) is 0 Å². The van der Waals surface area contributed by atoms with Crippen LogP contribution in [0.1, 0.15) is 12.0 Å². The first-order valence-corrected chi connectivity index (χ1v) is 4.97. The zero-order valence-corrected chi connectivity index (χ0v) is 8.94. The van der Waals surface area contributed by atoms with Gasteiger partial charge in [0.15, 0.2) is 0 Å². The van der Waals surface area contributed by atoms with Crippen molar-refractivity contribution in [1.82, 2.24) is 0 Å². The predicted octanol–water partition coefficient (Wildman–Crippen LogP) is 1.09. The van der Waals surface area contributed by atoms with Crippen LogP contribution >= 0.6 is 0 Å². The summed E-state index contributed by atoms with van der Waals surface area (Å²) in [6.45, 7) is 0.697. The van der Waals surface area contributed by atoms with Gasteiger partial charge >= 0.3 is 6.03 Å². The second-order valence-corrected chi connectivity index (χ2v) is 3.46. The molecule has 4 nitrogen and oxygen atoms in total. The van der Waals surface area contributed by atoms with E-state index in [9.17, 15) is 4.79 Å². The van der Waals surface area contributed by atoms with E-state index in [1.807, 2.05) is 24.3 Å². The van der Waals surface area contributed by atoms with Gasteiger partial charge in [0.05, 0.1) is 0 Å². The van der Waals surface area contributed by atoms with Gasteiger partial charge in [0.1, 0.15) is 0 Å². The Hall–Kier alpha value is -1.55. The van der Waals surface area contributed by atoms with Crippen molar-refractivity contribution in [1.29, 1.82) is 0 Å². The predicted molar refractivity (Wildman–Crippen MR) is 61.8 cm³/mol. The summed E-state index contributed by atoms with van der Waals surface area (Å²) in [6.07, 6.45) is 1.95. The fraction of sp³-hybridized carbons (Fsp3) is 0.364. The van der Waals surface area contributed by atoms with Crippen molar-refractivity contribution in [2.45, 2.75) is 12.8 Å². The average molecular weight is 207 g/mol. The van der Waals surface area contributed by atoms with Crippen molar-refractivity contribution in [2.75, 3.05) is 18.5 Å². The Balaban J connectivity index is 2.67. The number of urea groups is 1. The maximum absolute atomic E-state index is 10.9. The number of amides is 2. The number of anilines is 1. The Kier molecular flexibility index (Phi) is 4.12. The molecular formula is C11H17N3O. The van der Waals surface area contributed by atoms with Crippen LogP contribution in [-0.4, -0.2) is 19.6 Å². The molecule has 82 valence electrons. The highest BCUT2D eigenvalue weighted by atomic mass is 16.2. The standard InChI is InChI=1S/C11H17N3O/c1-14(11(13)15)10-6-4-9(5-7-10)3-2-8-12/h4-7H,2-3,8,12H2,1H3,(H2,13,15). The van der Waals surface area contributed by atoms with Crippen molar-refractivity contribution in [3.8, 4) is 0 Å². The van der Waals surface area contributed by atoms with E-state index in [1.165, 1.54) is 10.5 Å². The highest BCUT2D eigenvalue weighted by Gasteiger charge is 2.05. The molecule has 0 fully saturated rings. The van der Waals surface area contributed by atoms with Gasteiger partial charge in [0.25, 0.3) is 0 Å². The van der Waals surface area contributed by atoms with Crippen LogP contribution in [0.15, 0.2) is 24.3 Å². The molecule has 1 rings (SSSR count). The molecule has 0 aliphatic carbocycles. The Morgan fingerprint density at radius 2 is 1.93 bits per heavy atom. The quantitative estimate of drug-likeness (QED) is 0.775. The molecule has 4 N–H and O–H groups in total. The maximum Gasteiger partial charge on any atom is 0.318 e. The molecule has 0 aliphatic rings. The molecule has 0 bridgehead atoms. The zero-order chi connectivity index (χ0) is 11.3. The fourth-order valence-corrected chi connectivity index (χ4v) is 1.32. The zero-order valence-electron chi connectivity index (χ0n) is 8.94. The van der Waals surface area contributed by atoms with Gasteiger partial charge in [0, 0.05) is 12.7 Å². The fourth-order valence-electron chi connectivity index (χ4n) is 1.32. The number of hydrogen-bond acceptors (Lipinski definition) is 2. The van der Waals surface area contributed by atoms with Crippen LogP contribution in [0.4, 0.5) is 10.5 Å². The van der Waals surface area contributed by atoms with Gasteiger partial charge in [-0.15, -0.1) is 0 Å². The average Bonchev–Trinajstić information content (AvgIpc) is 2.26. The number of benzene rings is 1. The molecular weight excluding hydrogens is 190 g/mol. The lowest BCUT2D eigenvalue weighted by Crippen LogP contribution is -2.31. The molecule has 15 heavy (non-hydrogen) atoms. The normalized spacial score (nSPS) is 10.0. The van der Waals surface area contributed by atoms with Gasteiger partial charge in [-0.3, -0.25) is 4.90 Å². The third-order valence-corrected chi connectivity index (χ3v) is 2.32. The summed E-state index contributed by atoms with van der Waals surface area (Å²) in [6, 6.07) is 7.30. The lowest BCUT2D eigenvalue weighted by atomic mass is 10.1. The molecule has 0 spiro atoms. The van der Waals surface area contributed by atoms with Crippen LogP contribution in [0, 0.1) is 0 Å². The molecule has 1 aromatic carbocycles. The lowest BCUT2D eigenvalue weighted by molar-refractivity contribution is 0.255. The third-order valence-electron chi connectivity index (χ3n) is 2.32. The molecule has 0 saturated heterocycles. The van der Waals surface area contributed by atoms with Gasteiger partial charge in [-0.25, -0.2) is 4.79 Å². The smallest absolute Gasteiger partial charge is 0.318 e. The van der Waals surface area contributed by atoms with E-state index < -0.39 is 6.03 Å². The van der Waals surface area contributed by atoms with Crippen LogP contribution in [-0.2, 0) is 6.42 Å². The van der Waals surface area contributed by atoms with E-state index in [0.29, 0.717) is 6.54 Å². The third kappa shape index (κ3) is 3.25. The van der Waals surface area contributed by atoms with E-state index >= 15 is 0 Å². The number of carbonyl (C=O) groups excluding carboxylic acids is 1. The summed E-state index contributed by atoms with van der Waals surface area (Å²) in [5.74, 6) is 0. The van der Waals surface area contributed by atoms with E-state index in [4.69, 9.17) is 11.5 Å². The molecule has 0 saturated carbocycles. The van der Waals surface area contributed by atoms with Gasteiger partial charge in [-0.05, 0) is 37.1 Å². The number of carbonyl (C=O) groups is 1. The number of rotatable bonds is 4. The Morgan fingerprint density at radius 1 is 1.33 bits per heavy atom. The molecule has 0 radical (unpaired) electrons. The van der Waals surface area contributed by atoms with Gasteiger partial charge in [-0.2, -0.15) is 0 Å². The van der Waals surface area contributed by atoms with E-state index in [1.54, 1.807) is 7.05 Å². The maximum atomic E-state index is 10.9. The highest BCUT2D eigenvalue weighted by molar-refractivity contribution is 5.89. The largest absolute Gasteiger partial charge is 0.351 e. The number of nitrogens with two attached hydrogens (primary N) is 2. The number of aryl methyl sites for hydroxylation is 1. The van der Waals surface area contributed by atoms with Crippen LogP contribution in [0.25, 0.3) is 0 Å². The molecule has 0 heterocycles. The van der Waals surface area contributed by atoms with Crippen LogP contribution in [0.3, 0.4) is 0 Å². The topological polar surface area (TPSA) is 72.3 Å². The number of hydrogen-bond donors (Lipinski definition) is 2. The van der Waals surface area contributed by atoms with Crippen LogP contribution in [0.5, 0.6) is 0 Å². The van der Waals surface area contributed by atoms with Crippen LogP contribution < -0.4 is 16.4 Å². The minimum atomic E-state index is -0.454. The SMILES string of the molecule is CN(C(N)=O)c1ccc(CCCN)cc1. The first kappa shape index (κ1) is 11.5. The molecule has 2 amide bonds. The summed E-state index contributed by atoms with van der Waals surface area (Å²) in [4.78, 5) is 12.3. The number of nitrogens with zero attached hydrogens (tertiary/aromatic N) is 1. The molecule has 0 aliphatic heterocycles. The summed E-state index contributed by atoms with van der Waals surface area (Å²) in [7, 11) is 1.65. The second kappa shape index (κ2) is 5.36. The van der Waals surface area contributed by atoms with Crippen molar-refractivity contribution in [3.05, 3.63) is 29.8 Å². The summed E-state index contributed by atoms with van der Waals surface area (Å²) >= 11 is 0. The van der Waals surface area contributed by atoms with Crippen molar-refractivity contribution < 1.29 is 4.79 Å². The summed E-state index contributed by atoms with van der Waals surface area (Å²) in [5, 5.41) is 0. The molecule has 0 atom stereocenters. The molecule has 1 aromatic rings. The Morgan fingerprint density at radius 3 is 2.40 bits per heavy atom. The van der Waals surface area contributed by atoms with Crippen molar-refractivity contribution in [2.24, 2.45) is 11.5 Å². The van der Waals surface area contributed by atoms with E-state index in [2.05, 4.69) is 0 Å². The van der Waals surface area contributed by atoms with Gasteiger partial charge in [-0.1, -0.05) is 12.1 Å².